The fourth-order valence-corrected chi connectivity index (χ4v) is 6.91. The first kappa shape index (κ1) is 33.8. The normalized spacial score (nSPS) is 15.9. The summed E-state index contributed by atoms with van der Waals surface area (Å²) in [5, 5.41) is 3.97. The monoisotopic (exact) mass is 633 g/mol. The van der Waals surface area contributed by atoms with Crippen molar-refractivity contribution in [3.63, 3.8) is 0 Å². The van der Waals surface area contributed by atoms with E-state index in [4.69, 9.17) is 9.47 Å². The summed E-state index contributed by atoms with van der Waals surface area (Å²) in [5.74, 6) is -2.66. The average Bonchev–Trinajstić information content (AvgIpc) is 3.05. The Hall–Kier alpha value is -3.52. The minimum atomic E-state index is -0.622. The highest BCUT2D eigenvalue weighted by atomic mass is 19.1. The summed E-state index contributed by atoms with van der Waals surface area (Å²) in [7, 11) is 0. The molecule has 0 amide bonds. The lowest BCUT2D eigenvalue weighted by molar-refractivity contribution is 0.0547. The van der Waals surface area contributed by atoms with Gasteiger partial charge in [0.2, 0.25) is 0 Å². The molecule has 46 heavy (non-hydrogen) atoms. The van der Waals surface area contributed by atoms with Crippen LogP contribution in [0.25, 0.3) is 0 Å². The van der Waals surface area contributed by atoms with Crippen molar-refractivity contribution in [1.82, 2.24) is 5.32 Å². The zero-order valence-corrected chi connectivity index (χ0v) is 26.6. The van der Waals surface area contributed by atoms with Crippen LogP contribution in [-0.4, -0.2) is 25.3 Å². The van der Waals surface area contributed by atoms with Crippen LogP contribution in [0.3, 0.4) is 0 Å². The largest absolute Gasteiger partial charge is 0.376 e. The first-order chi connectivity index (χ1) is 22.3. The third-order valence-electron chi connectivity index (χ3n) is 9.53. The Balaban J connectivity index is 1.41. The smallest absolute Gasteiger partial charge is 0.131 e. The van der Waals surface area contributed by atoms with Gasteiger partial charge in [0, 0.05) is 35.0 Å². The number of halogens is 4. The first-order valence-electron chi connectivity index (χ1n) is 16.2. The van der Waals surface area contributed by atoms with Gasteiger partial charge in [0.05, 0.1) is 26.4 Å². The molecule has 1 fully saturated rings. The second-order valence-corrected chi connectivity index (χ2v) is 12.5. The number of ether oxygens (including phenoxy) is 2. The van der Waals surface area contributed by atoms with Crippen molar-refractivity contribution in [3.05, 3.63) is 142 Å². The van der Waals surface area contributed by atoms with Crippen molar-refractivity contribution in [2.24, 2.45) is 0 Å². The molecule has 1 N–H and O–H groups in total. The standard InChI is InChI=1S/C39H43F4NO2/c1-27-12-4-6-14-30(27)29(23-45-24-32-35(40)16-10-17-36(32)41)22-44-39(20-8-3-9-21-39)34(31-15-7-5-13-28(31)2)26-46-25-33-37(42)18-11-19-38(33)43/h4-7,10-19,29,34,44H,3,8-9,20-26H2,1-2H3. The highest BCUT2D eigenvalue weighted by Gasteiger charge is 2.41. The molecule has 3 nitrogen and oxygen atoms in total. The summed E-state index contributed by atoms with van der Waals surface area (Å²) < 4.78 is 69.8. The Labute approximate surface area is 270 Å². The summed E-state index contributed by atoms with van der Waals surface area (Å²) in [6.45, 7) is 4.92. The van der Waals surface area contributed by atoms with Crippen LogP contribution in [-0.2, 0) is 22.7 Å². The Morgan fingerprint density at radius 2 is 1.09 bits per heavy atom. The molecule has 0 saturated heterocycles. The van der Waals surface area contributed by atoms with E-state index in [-0.39, 0.29) is 54.9 Å². The van der Waals surface area contributed by atoms with Crippen LogP contribution in [0.2, 0.25) is 0 Å². The summed E-state index contributed by atoms with van der Waals surface area (Å²) in [4.78, 5) is 0. The molecule has 1 aliphatic carbocycles. The van der Waals surface area contributed by atoms with Crippen LogP contribution in [0.4, 0.5) is 17.6 Å². The van der Waals surface area contributed by atoms with Crippen LogP contribution in [0.15, 0.2) is 84.9 Å². The van der Waals surface area contributed by atoms with E-state index in [9.17, 15) is 17.6 Å². The maximum atomic E-state index is 14.5. The number of rotatable bonds is 14. The van der Waals surface area contributed by atoms with Crippen molar-refractivity contribution in [2.45, 2.75) is 76.5 Å². The van der Waals surface area contributed by atoms with E-state index in [1.165, 1.54) is 36.4 Å². The van der Waals surface area contributed by atoms with Gasteiger partial charge in [0.1, 0.15) is 23.3 Å². The third-order valence-corrected chi connectivity index (χ3v) is 9.53. The molecule has 0 radical (unpaired) electrons. The van der Waals surface area contributed by atoms with Crippen molar-refractivity contribution in [3.8, 4) is 0 Å². The molecule has 1 saturated carbocycles. The van der Waals surface area contributed by atoms with Gasteiger partial charge in [0.15, 0.2) is 0 Å². The van der Waals surface area contributed by atoms with Gasteiger partial charge in [-0.05, 0) is 73.2 Å². The van der Waals surface area contributed by atoms with E-state index in [1.807, 2.05) is 24.3 Å². The van der Waals surface area contributed by atoms with E-state index < -0.39 is 23.3 Å². The van der Waals surface area contributed by atoms with Gasteiger partial charge < -0.3 is 14.8 Å². The van der Waals surface area contributed by atoms with Crippen LogP contribution >= 0.6 is 0 Å². The molecule has 244 valence electrons. The van der Waals surface area contributed by atoms with Crippen LogP contribution < -0.4 is 5.32 Å². The van der Waals surface area contributed by atoms with Gasteiger partial charge >= 0.3 is 0 Å². The van der Waals surface area contributed by atoms with Gasteiger partial charge in [-0.15, -0.1) is 0 Å². The van der Waals surface area contributed by atoms with E-state index in [0.717, 1.165) is 54.4 Å². The predicted octanol–water partition coefficient (Wildman–Crippen LogP) is 9.45. The number of aryl methyl sites for hydroxylation is 2. The van der Waals surface area contributed by atoms with Crippen LogP contribution in [0, 0.1) is 37.1 Å². The summed E-state index contributed by atoms with van der Waals surface area (Å²) in [6.07, 6.45) is 5.02. The minimum Gasteiger partial charge on any atom is -0.376 e. The van der Waals surface area contributed by atoms with E-state index in [0.29, 0.717) is 6.54 Å². The molecule has 7 heteroatoms. The molecular formula is C39H43F4NO2. The molecule has 5 rings (SSSR count). The maximum Gasteiger partial charge on any atom is 0.131 e. The molecule has 0 bridgehead atoms. The molecule has 0 spiro atoms. The fraction of sp³-hybridized carbons (Fsp3) is 0.385. The Morgan fingerprint density at radius 3 is 1.61 bits per heavy atom. The second-order valence-electron chi connectivity index (χ2n) is 12.5. The van der Waals surface area contributed by atoms with Crippen LogP contribution in [0.5, 0.6) is 0 Å². The Bertz CT molecular complexity index is 1550. The molecule has 2 unspecified atom stereocenters. The van der Waals surface area contributed by atoms with Crippen LogP contribution in [0.1, 0.15) is 77.3 Å². The number of benzene rings is 4. The summed E-state index contributed by atoms with van der Waals surface area (Å²) in [5.41, 5.74) is 3.99. The van der Waals surface area contributed by atoms with Gasteiger partial charge in [0.25, 0.3) is 0 Å². The third kappa shape index (κ3) is 8.06. The molecule has 0 heterocycles. The molecule has 4 aromatic rings. The van der Waals surface area contributed by atoms with E-state index in [1.54, 1.807) is 0 Å². The number of nitrogens with one attached hydrogen (secondary N) is 1. The van der Waals surface area contributed by atoms with Crippen molar-refractivity contribution in [2.75, 3.05) is 19.8 Å². The van der Waals surface area contributed by atoms with E-state index >= 15 is 0 Å². The topological polar surface area (TPSA) is 30.5 Å². The van der Waals surface area contributed by atoms with E-state index in [2.05, 4.69) is 43.4 Å². The molecule has 0 aliphatic heterocycles. The molecular weight excluding hydrogens is 590 g/mol. The zero-order valence-electron chi connectivity index (χ0n) is 26.6. The van der Waals surface area contributed by atoms with Gasteiger partial charge in [-0.2, -0.15) is 0 Å². The summed E-state index contributed by atoms with van der Waals surface area (Å²) >= 11 is 0. The van der Waals surface area contributed by atoms with Gasteiger partial charge in [-0.3, -0.25) is 0 Å². The maximum absolute atomic E-state index is 14.5. The lowest BCUT2D eigenvalue weighted by Crippen LogP contribution is -2.54. The Kier molecular flexibility index (Phi) is 11.7. The fourth-order valence-electron chi connectivity index (χ4n) is 6.91. The number of hydrogen-bond acceptors (Lipinski definition) is 3. The quantitative estimate of drug-likeness (QED) is 0.140. The lowest BCUT2D eigenvalue weighted by Gasteiger charge is -2.46. The predicted molar refractivity (Wildman–Crippen MR) is 174 cm³/mol. The van der Waals surface area contributed by atoms with Crippen molar-refractivity contribution in [1.29, 1.82) is 0 Å². The molecule has 2 atom stereocenters. The van der Waals surface area contributed by atoms with Crippen molar-refractivity contribution >= 4 is 0 Å². The lowest BCUT2D eigenvalue weighted by atomic mass is 9.69. The second kappa shape index (κ2) is 15.9. The minimum absolute atomic E-state index is 0.0697. The zero-order chi connectivity index (χ0) is 32.5. The number of hydrogen-bond donors (Lipinski definition) is 1. The van der Waals surface area contributed by atoms with Crippen molar-refractivity contribution < 1.29 is 27.0 Å². The first-order valence-corrected chi connectivity index (χ1v) is 16.2. The highest BCUT2D eigenvalue weighted by molar-refractivity contribution is 5.34. The van der Waals surface area contributed by atoms with Gasteiger partial charge in [-0.1, -0.05) is 79.9 Å². The highest BCUT2D eigenvalue weighted by Crippen LogP contribution is 2.42. The summed E-state index contributed by atoms with van der Waals surface area (Å²) in [6, 6.07) is 24.0. The molecule has 0 aromatic heterocycles. The molecule has 1 aliphatic rings. The molecule has 4 aromatic carbocycles. The average molecular weight is 634 g/mol. The SMILES string of the molecule is Cc1ccccc1C(CNC1(C(COCc2c(F)cccc2F)c2ccccc2C)CCCCC1)COCc1c(F)cccc1F. The van der Waals surface area contributed by atoms with Gasteiger partial charge in [-0.25, -0.2) is 17.6 Å². The Morgan fingerprint density at radius 1 is 0.609 bits per heavy atom.